The predicted octanol–water partition coefficient (Wildman–Crippen LogP) is 6.89. The largest absolute Gasteiger partial charge is 0.341 e. The van der Waals surface area contributed by atoms with E-state index < -0.39 is 0 Å². The third-order valence-corrected chi connectivity index (χ3v) is 6.48. The molecule has 0 spiro atoms. The topological polar surface area (TPSA) is 39.1 Å². The summed E-state index contributed by atoms with van der Waals surface area (Å²) < 4.78 is 2.23. The zero-order chi connectivity index (χ0) is 23.1. The van der Waals surface area contributed by atoms with E-state index in [-0.39, 0.29) is 11.6 Å². The summed E-state index contributed by atoms with van der Waals surface area (Å²) >= 11 is 0. The maximum atomic E-state index is 13.3. The number of aromatic nitrogens is 1. The first-order chi connectivity index (χ1) is 16.0. The molecule has 1 aromatic heterocycles. The van der Waals surface area contributed by atoms with E-state index >= 15 is 0 Å². The van der Waals surface area contributed by atoms with E-state index in [4.69, 9.17) is 0 Å². The maximum Gasteiger partial charge on any atom is 0.193 e. The molecule has 3 heteroatoms. The van der Waals surface area contributed by atoms with Crippen LogP contribution in [0.5, 0.6) is 0 Å². The van der Waals surface area contributed by atoms with Gasteiger partial charge in [0.05, 0.1) is 0 Å². The van der Waals surface area contributed by atoms with Gasteiger partial charge in [-0.15, -0.1) is 0 Å². The van der Waals surface area contributed by atoms with Crippen molar-refractivity contribution in [3.8, 4) is 0 Å². The minimum atomic E-state index is 0.0135. The summed E-state index contributed by atoms with van der Waals surface area (Å²) in [5.74, 6) is 0.0269. The fourth-order valence-electron chi connectivity index (χ4n) is 4.69. The summed E-state index contributed by atoms with van der Waals surface area (Å²) in [5, 5.41) is 1.98. The molecule has 0 saturated carbocycles. The first kappa shape index (κ1) is 20.9. The lowest BCUT2D eigenvalue weighted by Crippen LogP contribution is -2.03. The van der Waals surface area contributed by atoms with Gasteiger partial charge in [-0.1, -0.05) is 48.5 Å². The van der Waals surface area contributed by atoms with Gasteiger partial charge in [0.2, 0.25) is 0 Å². The molecule has 0 fully saturated rings. The molecule has 0 N–H and O–H groups in total. The Hall–Kier alpha value is -3.98. The number of ketones is 2. The molecule has 5 rings (SSSR count). The molecule has 0 aliphatic rings. The molecule has 1 heterocycles. The summed E-state index contributed by atoms with van der Waals surface area (Å²) in [5.41, 5.74) is 6.79. The van der Waals surface area contributed by atoms with Crippen molar-refractivity contribution in [3.63, 3.8) is 0 Å². The van der Waals surface area contributed by atoms with Crippen LogP contribution >= 0.6 is 0 Å². The van der Waals surface area contributed by atoms with Crippen LogP contribution in [0, 0.1) is 13.8 Å². The molecule has 0 amide bonds. The normalized spacial score (nSPS) is 11.2. The molecule has 0 radical (unpaired) electrons. The van der Waals surface area contributed by atoms with Crippen molar-refractivity contribution in [2.45, 2.75) is 27.3 Å². The van der Waals surface area contributed by atoms with Crippen molar-refractivity contribution in [2.75, 3.05) is 0 Å². The Labute approximate surface area is 193 Å². The lowest BCUT2D eigenvalue weighted by atomic mass is 9.96. The van der Waals surface area contributed by atoms with Crippen molar-refractivity contribution in [3.05, 3.63) is 118 Å². The van der Waals surface area contributed by atoms with E-state index in [9.17, 15) is 9.59 Å². The van der Waals surface area contributed by atoms with Gasteiger partial charge in [0.15, 0.2) is 11.6 Å². The van der Waals surface area contributed by atoms with Gasteiger partial charge in [-0.3, -0.25) is 9.59 Å². The third kappa shape index (κ3) is 3.46. The molecular weight excluding hydrogens is 406 g/mol. The molecule has 0 saturated heterocycles. The highest BCUT2D eigenvalue weighted by atomic mass is 16.1. The molecule has 0 unspecified atom stereocenters. The first-order valence-corrected chi connectivity index (χ1v) is 11.3. The highest BCUT2D eigenvalue weighted by molar-refractivity contribution is 6.17. The molecule has 162 valence electrons. The fraction of sp³-hybridized carbons (Fsp3) is 0.133. The van der Waals surface area contributed by atoms with Crippen LogP contribution in [0.2, 0.25) is 0 Å². The Bertz CT molecular complexity index is 1440. The lowest BCUT2D eigenvalue weighted by molar-refractivity contribution is 0.103. The Morgan fingerprint density at radius 3 is 1.45 bits per heavy atom. The summed E-state index contributed by atoms with van der Waals surface area (Å²) in [7, 11) is 0. The minimum Gasteiger partial charge on any atom is -0.341 e. The van der Waals surface area contributed by atoms with E-state index in [1.54, 1.807) is 0 Å². The zero-order valence-corrected chi connectivity index (χ0v) is 19.1. The number of carbonyl (C=O) groups is 2. The Morgan fingerprint density at radius 1 is 0.636 bits per heavy atom. The van der Waals surface area contributed by atoms with Crippen molar-refractivity contribution < 1.29 is 9.59 Å². The fourth-order valence-corrected chi connectivity index (χ4v) is 4.69. The number of rotatable bonds is 5. The van der Waals surface area contributed by atoms with Gasteiger partial charge in [0, 0.05) is 50.6 Å². The number of aryl methyl sites for hydroxylation is 3. The van der Waals surface area contributed by atoms with Crippen LogP contribution in [0.4, 0.5) is 0 Å². The minimum absolute atomic E-state index is 0.0135. The van der Waals surface area contributed by atoms with E-state index in [2.05, 4.69) is 11.5 Å². The van der Waals surface area contributed by atoms with Crippen LogP contribution < -0.4 is 0 Å². The third-order valence-electron chi connectivity index (χ3n) is 6.48. The van der Waals surface area contributed by atoms with Gasteiger partial charge in [-0.25, -0.2) is 0 Å². The maximum absolute atomic E-state index is 13.3. The second-order valence-corrected chi connectivity index (χ2v) is 8.50. The summed E-state index contributed by atoms with van der Waals surface area (Å²) in [6.07, 6.45) is 0. The number of hydrogen-bond acceptors (Lipinski definition) is 2. The molecule has 0 aliphatic heterocycles. The molecule has 33 heavy (non-hydrogen) atoms. The molecule has 0 aliphatic carbocycles. The summed E-state index contributed by atoms with van der Waals surface area (Å²) in [6.45, 7) is 6.82. The average molecular weight is 432 g/mol. The van der Waals surface area contributed by atoms with E-state index in [0.29, 0.717) is 22.3 Å². The van der Waals surface area contributed by atoms with Crippen LogP contribution in [-0.4, -0.2) is 16.1 Å². The Balaban J connectivity index is 1.69. The summed E-state index contributed by atoms with van der Waals surface area (Å²) in [6, 6.07) is 27.1. The van der Waals surface area contributed by atoms with Crippen LogP contribution in [0.1, 0.15) is 49.9 Å². The van der Waals surface area contributed by atoms with Crippen LogP contribution in [-0.2, 0) is 6.54 Å². The SMILES string of the molecule is CCn1c2ccc(C(=O)c3ccccc3C)cc2c2cc(C(=O)c3ccccc3C)ccc21. The van der Waals surface area contributed by atoms with Crippen molar-refractivity contribution in [1.29, 1.82) is 0 Å². The first-order valence-electron chi connectivity index (χ1n) is 11.3. The smallest absolute Gasteiger partial charge is 0.193 e. The number of carbonyl (C=O) groups excluding carboxylic acids is 2. The lowest BCUT2D eigenvalue weighted by Gasteiger charge is -2.06. The van der Waals surface area contributed by atoms with Crippen LogP contribution in [0.25, 0.3) is 21.8 Å². The standard InChI is InChI=1S/C30H25NO2/c1-4-31-27-15-13-21(29(32)23-11-7-5-9-19(23)2)17-25(27)26-18-22(14-16-28(26)31)30(33)24-12-8-6-10-20(24)3/h5-18H,4H2,1-3H3. The van der Waals surface area contributed by atoms with Gasteiger partial charge < -0.3 is 4.57 Å². The summed E-state index contributed by atoms with van der Waals surface area (Å²) in [4.78, 5) is 26.5. The Morgan fingerprint density at radius 2 is 1.06 bits per heavy atom. The highest BCUT2D eigenvalue weighted by Gasteiger charge is 2.18. The van der Waals surface area contributed by atoms with Gasteiger partial charge >= 0.3 is 0 Å². The van der Waals surface area contributed by atoms with E-state index in [1.807, 2.05) is 98.8 Å². The van der Waals surface area contributed by atoms with Crippen molar-refractivity contribution in [1.82, 2.24) is 4.57 Å². The van der Waals surface area contributed by atoms with E-state index in [0.717, 1.165) is 39.5 Å². The predicted molar refractivity (Wildman–Crippen MR) is 134 cm³/mol. The second kappa shape index (κ2) is 8.18. The molecule has 3 nitrogen and oxygen atoms in total. The number of hydrogen-bond donors (Lipinski definition) is 0. The molecule has 5 aromatic rings. The second-order valence-electron chi connectivity index (χ2n) is 8.50. The van der Waals surface area contributed by atoms with Crippen LogP contribution in [0.15, 0.2) is 84.9 Å². The number of nitrogens with zero attached hydrogens (tertiary/aromatic N) is 1. The number of benzene rings is 4. The Kier molecular flexibility index (Phi) is 5.18. The molecule has 4 aromatic carbocycles. The monoisotopic (exact) mass is 431 g/mol. The van der Waals surface area contributed by atoms with Gasteiger partial charge in [-0.05, 0) is 68.3 Å². The highest BCUT2D eigenvalue weighted by Crippen LogP contribution is 2.32. The van der Waals surface area contributed by atoms with Crippen molar-refractivity contribution in [2.24, 2.45) is 0 Å². The zero-order valence-electron chi connectivity index (χ0n) is 19.1. The van der Waals surface area contributed by atoms with E-state index in [1.165, 1.54) is 0 Å². The van der Waals surface area contributed by atoms with Gasteiger partial charge in [0.25, 0.3) is 0 Å². The number of fused-ring (bicyclic) bond motifs is 3. The molecule has 0 atom stereocenters. The van der Waals surface area contributed by atoms with Crippen molar-refractivity contribution >= 4 is 33.4 Å². The van der Waals surface area contributed by atoms with Crippen LogP contribution in [0.3, 0.4) is 0 Å². The molecular formula is C30H25NO2. The van der Waals surface area contributed by atoms with Gasteiger partial charge in [-0.2, -0.15) is 0 Å². The quantitative estimate of drug-likeness (QED) is 0.284. The molecule has 0 bridgehead atoms. The van der Waals surface area contributed by atoms with Gasteiger partial charge in [0.1, 0.15) is 0 Å². The average Bonchev–Trinajstić information content (AvgIpc) is 3.16.